The molecule has 204 valence electrons. The van der Waals surface area contributed by atoms with Crippen LogP contribution < -0.4 is 19.1 Å². The van der Waals surface area contributed by atoms with Crippen LogP contribution in [0.5, 0.6) is 11.5 Å². The number of carbonyl (C=O) groups excluding carboxylic acids is 2. The number of amides is 2. The van der Waals surface area contributed by atoms with E-state index in [9.17, 15) is 18.0 Å². The largest absolute Gasteiger partial charge is 0.497 e. The summed E-state index contributed by atoms with van der Waals surface area (Å²) in [5, 5.41) is 3.60. The van der Waals surface area contributed by atoms with E-state index in [-0.39, 0.29) is 29.9 Å². The summed E-state index contributed by atoms with van der Waals surface area (Å²) in [6.07, 6.45) is 1.69. The molecular formula is C25H33Cl2N3O6S. The Balaban J connectivity index is 2.49. The first kappa shape index (κ1) is 30.5. The van der Waals surface area contributed by atoms with Gasteiger partial charge in [0.15, 0.2) is 0 Å². The van der Waals surface area contributed by atoms with Crippen LogP contribution in [0.1, 0.15) is 32.8 Å². The van der Waals surface area contributed by atoms with Crippen LogP contribution in [0.15, 0.2) is 36.4 Å². The maximum atomic E-state index is 13.7. The van der Waals surface area contributed by atoms with Crippen LogP contribution in [0.2, 0.25) is 10.0 Å². The topological polar surface area (TPSA) is 105 Å². The highest BCUT2D eigenvalue weighted by atomic mass is 35.5. The molecule has 12 heteroatoms. The molecule has 9 nitrogen and oxygen atoms in total. The maximum Gasteiger partial charge on any atom is 0.244 e. The van der Waals surface area contributed by atoms with Crippen LogP contribution in [-0.4, -0.2) is 64.2 Å². The van der Waals surface area contributed by atoms with Gasteiger partial charge in [0.1, 0.15) is 24.1 Å². The summed E-state index contributed by atoms with van der Waals surface area (Å²) in [5.41, 5.74) is 0.705. The Labute approximate surface area is 228 Å². The van der Waals surface area contributed by atoms with Gasteiger partial charge in [-0.25, -0.2) is 8.42 Å². The van der Waals surface area contributed by atoms with E-state index < -0.39 is 28.5 Å². The average molecular weight is 575 g/mol. The smallest absolute Gasteiger partial charge is 0.244 e. The first-order chi connectivity index (χ1) is 17.3. The van der Waals surface area contributed by atoms with Gasteiger partial charge < -0.3 is 19.7 Å². The summed E-state index contributed by atoms with van der Waals surface area (Å²) in [7, 11) is -1.08. The van der Waals surface area contributed by atoms with Crippen molar-refractivity contribution in [1.29, 1.82) is 0 Å². The zero-order chi connectivity index (χ0) is 27.9. The highest BCUT2D eigenvalue weighted by Crippen LogP contribution is 2.34. The summed E-state index contributed by atoms with van der Waals surface area (Å²) < 4.78 is 37.1. The molecule has 2 aromatic rings. The number of rotatable bonds is 12. The van der Waals surface area contributed by atoms with Gasteiger partial charge in [-0.05, 0) is 50.1 Å². The molecule has 2 rings (SSSR count). The molecule has 0 spiro atoms. The molecule has 1 N–H and O–H groups in total. The Kier molecular flexibility index (Phi) is 10.9. The molecule has 0 aliphatic carbocycles. The van der Waals surface area contributed by atoms with E-state index >= 15 is 0 Å². The standard InChI is InChI=1S/C25H33Cl2N3O6S/c1-7-16(2)28-25(32)17(3)29(14-18-8-9-19(26)12-21(18)27)24(31)15-30(37(6,33)34)22-11-10-20(35-4)13-23(22)36-5/h8-13,16-17H,7,14-15H2,1-6H3,(H,28,32)/t16-,17-/m1/s1. The Morgan fingerprint density at radius 1 is 1.05 bits per heavy atom. The van der Waals surface area contributed by atoms with Crippen LogP contribution in [-0.2, 0) is 26.2 Å². The molecule has 0 bridgehead atoms. The SMILES string of the molecule is CC[C@@H](C)NC(=O)[C@@H](C)N(Cc1ccc(Cl)cc1Cl)C(=O)CN(c1ccc(OC)cc1OC)S(C)(=O)=O. The number of ether oxygens (including phenoxy) is 2. The van der Waals surface area contributed by atoms with E-state index in [1.807, 2.05) is 13.8 Å². The number of hydrogen-bond acceptors (Lipinski definition) is 6. The zero-order valence-corrected chi connectivity index (χ0v) is 24.1. The number of halogens is 2. The molecule has 0 saturated carbocycles. The van der Waals surface area contributed by atoms with Crippen molar-refractivity contribution in [2.75, 3.05) is 31.3 Å². The van der Waals surface area contributed by atoms with Crippen molar-refractivity contribution in [3.8, 4) is 11.5 Å². The number of carbonyl (C=O) groups is 2. The molecule has 2 amide bonds. The summed E-state index contributed by atoms with van der Waals surface area (Å²) >= 11 is 12.4. The predicted octanol–water partition coefficient (Wildman–Crippen LogP) is 4.11. The van der Waals surface area contributed by atoms with Crippen LogP contribution >= 0.6 is 23.2 Å². The van der Waals surface area contributed by atoms with E-state index in [0.717, 1.165) is 10.6 Å². The monoisotopic (exact) mass is 573 g/mol. The number of methoxy groups -OCH3 is 2. The second-order valence-corrected chi connectivity index (χ2v) is 11.3. The molecule has 0 unspecified atom stereocenters. The fourth-order valence-corrected chi connectivity index (χ4v) is 4.79. The molecule has 0 aromatic heterocycles. The third-order valence-electron chi connectivity index (χ3n) is 5.86. The van der Waals surface area contributed by atoms with Gasteiger partial charge in [-0.3, -0.25) is 13.9 Å². The van der Waals surface area contributed by atoms with Gasteiger partial charge >= 0.3 is 0 Å². The number of sulfonamides is 1. The molecule has 0 saturated heterocycles. The lowest BCUT2D eigenvalue weighted by Crippen LogP contribution is -2.52. The lowest BCUT2D eigenvalue weighted by Gasteiger charge is -2.32. The van der Waals surface area contributed by atoms with Crippen LogP contribution in [0.3, 0.4) is 0 Å². The second kappa shape index (κ2) is 13.2. The molecule has 0 aliphatic rings. The van der Waals surface area contributed by atoms with Crippen molar-refractivity contribution >= 4 is 50.7 Å². The second-order valence-electron chi connectivity index (χ2n) is 8.56. The molecule has 37 heavy (non-hydrogen) atoms. The van der Waals surface area contributed by atoms with Gasteiger partial charge in [0.2, 0.25) is 21.8 Å². The van der Waals surface area contributed by atoms with Gasteiger partial charge in [0.05, 0.1) is 26.2 Å². The van der Waals surface area contributed by atoms with Crippen molar-refractivity contribution in [1.82, 2.24) is 10.2 Å². The average Bonchev–Trinajstić information content (AvgIpc) is 2.85. The van der Waals surface area contributed by atoms with Crippen molar-refractivity contribution in [2.45, 2.75) is 45.8 Å². The number of benzene rings is 2. The van der Waals surface area contributed by atoms with E-state index in [2.05, 4.69) is 5.32 Å². The van der Waals surface area contributed by atoms with Gasteiger partial charge in [-0.2, -0.15) is 0 Å². The Morgan fingerprint density at radius 2 is 1.73 bits per heavy atom. The molecule has 0 fully saturated rings. The molecule has 2 aromatic carbocycles. The summed E-state index contributed by atoms with van der Waals surface area (Å²) in [5.74, 6) is -0.330. The Morgan fingerprint density at radius 3 is 2.27 bits per heavy atom. The van der Waals surface area contributed by atoms with E-state index in [1.54, 1.807) is 25.1 Å². The molecule has 0 heterocycles. The number of nitrogens with one attached hydrogen (secondary N) is 1. The van der Waals surface area contributed by atoms with E-state index in [0.29, 0.717) is 27.8 Å². The van der Waals surface area contributed by atoms with Crippen LogP contribution in [0.4, 0.5) is 5.69 Å². The number of nitrogens with zero attached hydrogens (tertiary/aromatic N) is 2. The minimum absolute atomic E-state index is 0.0404. The van der Waals surface area contributed by atoms with Crippen LogP contribution in [0.25, 0.3) is 0 Å². The summed E-state index contributed by atoms with van der Waals surface area (Å²) in [4.78, 5) is 28.0. The third kappa shape index (κ3) is 8.15. The highest BCUT2D eigenvalue weighted by molar-refractivity contribution is 7.92. The van der Waals surface area contributed by atoms with Crippen molar-refractivity contribution in [3.63, 3.8) is 0 Å². The quantitative estimate of drug-likeness (QED) is 0.409. The van der Waals surface area contributed by atoms with Gasteiger partial charge in [-0.15, -0.1) is 0 Å². The highest BCUT2D eigenvalue weighted by Gasteiger charge is 2.32. The molecular weight excluding hydrogens is 541 g/mol. The van der Waals surface area contributed by atoms with Gasteiger partial charge in [0, 0.05) is 28.7 Å². The lowest BCUT2D eigenvalue weighted by molar-refractivity contribution is -0.139. The van der Waals surface area contributed by atoms with Crippen LogP contribution in [0, 0.1) is 0 Å². The van der Waals surface area contributed by atoms with Crippen molar-refractivity contribution < 1.29 is 27.5 Å². The fourth-order valence-electron chi connectivity index (χ4n) is 3.47. The van der Waals surface area contributed by atoms with Gasteiger partial charge in [0.25, 0.3) is 0 Å². The van der Waals surface area contributed by atoms with E-state index in [4.69, 9.17) is 32.7 Å². The maximum absolute atomic E-state index is 13.7. The van der Waals surface area contributed by atoms with Crippen molar-refractivity contribution in [3.05, 3.63) is 52.0 Å². The summed E-state index contributed by atoms with van der Waals surface area (Å²) in [6, 6.07) is 8.36. The predicted molar refractivity (Wildman–Crippen MR) is 146 cm³/mol. The summed E-state index contributed by atoms with van der Waals surface area (Å²) in [6.45, 7) is 4.75. The molecule has 0 radical (unpaired) electrons. The normalized spacial score (nSPS) is 12.9. The third-order valence-corrected chi connectivity index (χ3v) is 7.57. The number of hydrogen-bond donors (Lipinski definition) is 1. The molecule has 0 aliphatic heterocycles. The first-order valence-electron chi connectivity index (χ1n) is 11.6. The lowest BCUT2D eigenvalue weighted by atomic mass is 10.1. The minimum Gasteiger partial charge on any atom is -0.497 e. The number of anilines is 1. The molecule has 2 atom stereocenters. The zero-order valence-electron chi connectivity index (χ0n) is 21.7. The Bertz CT molecular complexity index is 1220. The van der Waals surface area contributed by atoms with Gasteiger partial charge in [-0.1, -0.05) is 36.2 Å². The fraction of sp³-hybridized carbons (Fsp3) is 0.440. The Hall–Kier alpha value is -2.69. The van der Waals surface area contributed by atoms with E-state index in [1.165, 1.54) is 37.3 Å². The van der Waals surface area contributed by atoms with Crippen molar-refractivity contribution in [2.24, 2.45) is 0 Å². The minimum atomic E-state index is -3.93. The first-order valence-corrected chi connectivity index (χ1v) is 14.2.